The molecule has 0 unspecified atom stereocenters. The standard InChI is InChI=1S/C15H19N3.2C2H6/c1-18-6-4-15(5-7-18)9-12-3-2-11(10-16)8-13(12)14(15)17;2*1-2/h2-3,8,14H,4-7,9,17H2,1H3;2*1-2H3/t14-;;/m1../s1. The highest BCUT2D eigenvalue weighted by atomic mass is 15.1. The molecule has 1 heterocycles. The Bertz CT molecular complexity index is 508. The van der Waals surface area contributed by atoms with Gasteiger partial charge in [0, 0.05) is 6.04 Å². The molecule has 0 aromatic heterocycles. The van der Waals surface area contributed by atoms with E-state index in [0.717, 1.165) is 25.1 Å². The first kappa shape index (κ1) is 18.7. The highest BCUT2D eigenvalue weighted by molar-refractivity contribution is 5.44. The first-order valence-corrected chi connectivity index (χ1v) is 8.62. The predicted octanol–water partition coefficient (Wildman–Crippen LogP) is 3.88. The van der Waals surface area contributed by atoms with Crippen molar-refractivity contribution >= 4 is 0 Å². The Labute approximate surface area is 136 Å². The average molecular weight is 301 g/mol. The molecule has 0 bridgehead atoms. The molecule has 3 heteroatoms. The van der Waals surface area contributed by atoms with E-state index in [0.29, 0.717) is 0 Å². The summed E-state index contributed by atoms with van der Waals surface area (Å²) in [6.45, 7) is 10.3. The summed E-state index contributed by atoms with van der Waals surface area (Å²) in [5, 5.41) is 8.99. The monoisotopic (exact) mass is 301 g/mol. The zero-order valence-corrected chi connectivity index (χ0v) is 14.8. The minimum absolute atomic E-state index is 0.106. The van der Waals surface area contributed by atoms with Gasteiger partial charge in [-0.2, -0.15) is 5.26 Å². The van der Waals surface area contributed by atoms with E-state index in [1.807, 2.05) is 39.8 Å². The first-order valence-electron chi connectivity index (χ1n) is 8.62. The van der Waals surface area contributed by atoms with Gasteiger partial charge < -0.3 is 10.6 Å². The maximum atomic E-state index is 8.99. The summed E-state index contributed by atoms with van der Waals surface area (Å²) in [7, 11) is 2.17. The fraction of sp³-hybridized carbons (Fsp3) is 0.632. The van der Waals surface area contributed by atoms with Crippen LogP contribution in [0.3, 0.4) is 0 Å². The van der Waals surface area contributed by atoms with E-state index in [2.05, 4.69) is 24.1 Å². The molecule has 0 amide bonds. The van der Waals surface area contributed by atoms with Gasteiger partial charge in [-0.05, 0) is 68.1 Å². The van der Waals surface area contributed by atoms with Gasteiger partial charge in [-0.1, -0.05) is 33.8 Å². The number of hydrogen-bond acceptors (Lipinski definition) is 3. The van der Waals surface area contributed by atoms with Crippen LogP contribution in [0.4, 0.5) is 0 Å². The van der Waals surface area contributed by atoms with Crippen LogP contribution in [-0.2, 0) is 6.42 Å². The summed E-state index contributed by atoms with van der Waals surface area (Å²) >= 11 is 0. The largest absolute Gasteiger partial charge is 0.323 e. The van der Waals surface area contributed by atoms with E-state index in [1.165, 1.54) is 24.0 Å². The molecule has 1 saturated heterocycles. The van der Waals surface area contributed by atoms with Crippen LogP contribution in [0.1, 0.15) is 63.3 Å². The normalized spacial score (nSPS) is 21.8. The quantitative estimate of drug-likeness (QED) is 0.791. The Balaban J connectivity index is 0.000000561. The highest BCUT2D eigenvalue weighted by Gasteiger charge is 2.45. The Hall–Kier alpha value is -1.37. The lowest BCUT2D eigenvalue weighted by Crippen LogP contribution is -2.42. The molecule has 1 aliphatic carbocycles. The molecule has 1 aromatic carbocycles. The Morgan fingerprint density at radius 1 is 1.18 bits per heavy atom. The molecule has 1 atom stereocenters. The number of benzene rings is 1. The van der Waals surface area contributed by atoms with Crippen molar-refractivity contribution in [1.29, 1.82) is 5.26 Å². The molecular weight excluding hydrogens is 270 g/mol. The van der Waals surface area contributed by atoms with E-state index in [4.69, 9.17) is 11.0 Å². The van der Waals surface area contributed by atoms with Gasteiger partial charge in [0.1, 0.15) is 0 Å². The fourth-order valence-corrected chi connectivity index (χ4v) is 3.49. The molecule has 3 nitrogen and oxygen atoms in total. The number of piperidine rings is 1. The molecule has 1 aliphatic heterocycles. The van der Waals surface area contributed by atoms with E-state index < -0.39 is 0 Å². The molecule has 3 rings (SSSR count). The van der Waals surface area contributed by atoms with Gasteiger partial charge in [0.05, 0.1) is 11.6 Å². The summed E-state index contributed by atoms with van der Waals surface area (Å²) in [5.74, 6) is 0. The van der Waals surface area contributed by atoms with Gasteiger partial charge in [0.15, 0.2) is 0 Å². The van der Waals surface area contributed by atoms with Crippen LogP contribution in [0.25, 0.3) is 0 Å². The van der Waals surface area contributed by atoms with Crippen LogP contribution in [0.2, 0.25) is 0 Å². The van der Waals surface area contributed by atoms with E-state index in [1.54, 1.807) is 0 Å². The van der Waals surface area contributed by atoms with Crippen molar-refractivity contribution in [2.45, 2.75) is 53.0 Å². The molecule has 1 fully saturated rings. The molecular formula is C19H31N3. The molecule has 0 radical (unpaired) electrons. The summed E-state index contributed by atoms with van der Waals surface area (Å²) in [6.07, 6.45) is 3.42. The summed E-state index contributed by atoms with van der Waals surface area (Å²) < 4.78 is 0. The van der Waals surface area contributed by atoms with Gasteiger partial charge in [-0.3, -0.25) is 0 Å². The van der Waals surface area contributed by atoms with Crippen molar-refractivity contribution in [3.63, 3.8) is 0 Å². The average Bonchev–Trinajstić information content (AvgIpc) is 2.86. The highest BCUT2D eigenvalue weighted by Crippen LogP contribution is 2.50. The summed E-state index contributed by atoms with van der Waals surface area (Å²) in [4.78, 5) is 2.38. The van der Waals surface area contributed by atoms with Crippen LogP contribution < -0.4 is 5.73 Å². The van der Waals surface area contributed by atoms with Gasteiger partial charge in [0.25, 0.3) is 0 Å². The van der Waals surface area contributed by atoms with E-state index in [-0.39, 0.29) is 11.5 Å². The SMILES string of the molecule is CC.CC.CN1CCC2(CC1)Cc1ccc(C#N)cc1[C@H]2N. The number of nitrogens with zero attached hydrogens (tertiary/aromatic N) is 2. The van der Waals surface area contributed by atoms with Gasteiger partial charge >= 0.3 is 0 Å². The van der Waals surface area contributed by atoms with Gasteiger partial charge in [-0.25, -0.2) is 0 Å². The molecule has 1 spiro atoms. The molecule has 122 valence electrons. The third kappa shape index (κ3) is 3.51. The molecule has 2 N–H and O–H groups in total. The van der Waals surface area contributed by atoms with Crippen LogP contribution in [-0.4, -0.2) is 25.0 Å². The van der Waals surface area contributed by atoms with Crippen LogP contribution in [0.5, 0.6) is 0 Å². The van der Waals surface area contributed by atoms with Crippen molar-refractivity contribution in [2.24, 2.45) is 11.1 Å². The number of rotatable bonds is 0. The zero-order valence-electron chi connectivity index (χ0n) is 14.8. The molecule has 1 aromatic rings. The lowest BCUT2D eigenvalue weighted by Gasteiger charge is -2.41. The smallest absolute Gasteiger partial charge is 0.0991 e. The minimum atomic E-state index is 0.106. The topological polar surface area (TPSA) is 53.0 Å². The van der Waals surface area contributed by atoms with Crippen LogP contribution in [0.15, 0.2) is 18.2 Å². The maximum absolute atomic E-state index is 8.99. The molecule has 2 aliphatic rings. The number of nitrogens with two attached hydrogens (primary N) is 1. The third-order valence-corrected chi connectivity index (χ3v) is 4.80. The third-order valence-electron chi connectivity index (χ3n) is 4.80. The van der Waals surface area contributed by atoms with Crippen molar-refractivity contribution in [3.05, 3.63) is 34.9 Å². The van der Waals surface area contributed by atoms with Crippen molar-refractivity contribution in [2.75, 3.05) is 20.1 Å². The maximum Gasteiger partial charge on any atom is 0.0991 e. The van der Waals surface area contributed by atoms with Gasteiger partial charge in [0.2, 0.25) is 0 Å². The van der Waals surface area contributed by atoms with Crippen LogP contribution >= 0.6 is 0 Å². The van der Waals surface area contributed by atoms with E-state index in [9.17, 15) is 0 Å². The fourth-order valence-electron chi connectivity index (χ4n) is 3.49. The second-order valence-corrected chi connectivity index (χ2v) is 5.85. The van der Waals surface area contributed by atoms with Crippen molar-refractivity contribution in [1.82, 2.24) is 4.90 Å². The minimum Gasteiger partial charge on any atom is -0.323 e. The van der Waals surface area contributed by atoms with E-state index >= 15 is 0 Å². The summed E-state index contributed by atoms with van der Waals surface area (Å²) in [6, 6.07) is 8.33. The van der Waals surface area contributed by atoms with Crippen molar-refractivity contribution in [3.8, 4) is 6.07 Å². The number of fused-ring (bicyclic) bond motifs is 1. The lowest BCUT2D eigenvalue weighted by molar-refractivity contribution is 0.106. The number of likely N-dealkylation sites (tertiary alicyclic amines) is 1. The van der Waals surface area contributed by atoms with Gasteiger partial charge in [-0.15, -0.1) is 0 Å². The number of nitriles is 1. The molecule has 22 heavy (non-hydrogen) atoms. The first-order chi connectivity index (χ1) is 10.6. The number of hydrogen-bond donors (Lipinski definition) is 1. The van der Waals surface area contributed by atoms with Crippen molar-refractivity contribution < 1.29 is 0 Å². The second kappa shape index (κ2) is 8.31. The Morgan fingerprint density at radius 3 is 2.32 bits per heavy atom. The summed E-state index contributed by atoms with van der Waals surface area (Å²) in [5.41, 5.74) is 10.0. The lowest BCUT2D eigenvalue weighted by atomic mass is 9.73. The molecule has 0 saturated carbocycles. The second-order valence-electron chi connectivity index (χ2n) is 5.85. The zero-order chi connectivity index (χ0) is 16.8. The Morgan fingerprint density at radius 2 is 1.77 bits per heavy atom. The Kier molecular flexibility index (Phi) is 7.06. The van der Waals surface area contributed by atoms with Crippen LogP contribution in [0, 0.1) is 16.7 Å². The predicted molar refractivity (Wildman–Crippen MR) is 93.6 cm³/mol.